The largest absolute Gasteiger partial charge is 0.458 e. The monoisotopic (exact) mass is 391 g/mol. The second-order valence-corrected chi connectivity index (χ2v) is 6.31. The van der Waals surface area contributed by atoms with Crippen molar-refractivity contribution in [3.8, 4) is 0 Å². The molecule has 0 aliphatic rings. The number of nitro benzene ring substituents is 1. The maximum absolute atomic E-state index is 13.4. The number of hydrogen-bond donors (Lipinski definition) is 0. The van der Waals surface area contributed by atoms with Crippen LogP contribution in [0.3, 0.4) is 0 Å². The molecule has 0 amide bonds. The summed E-state index contributed by atoms with van der Waals surface area (Å²) in [7, 11) is 0. The van der Waals surface area contributed by atoms with Gasteiger partial charge in [-0.05, 0) is 24.1 Å². The number of carbonyl (C=O) groups is 1. The molecule has 0 unspecified atom stereocenters. The molecule has 0 aliphatic carbocycles. The molecule has 0 saturated heterocycles. The van der Waals surface area contributed by atoms with E-state index < -0.39 is 16.5 Å². The SMILES string of the molecule is CCOC(C(=O)OCc1ccccc1[N+](=O)[O-])(c1ccccc1)c1ccccc1. The molecule has 0 heterocycles. The molecule has 0 aliphatic heterocycles. The number of hydrogen-bond acceptors (Lipinski definition) is 5. The van der Waals surface area contributed by atoms with Gasteiger partial charge in [0.15, 0.2) is 0 Å². The fourth-order valence-electron chi connectivity index (χ4n) is 3.25. The number of para-hydroxylation sites is 1. The van der Waals surface area contributed by atoms with Crippen LogP contribution < -0.4 is 0 Å². The van der Waals surface area contributed by atoms with Crippen LogP contribution in [0.15, 0.2) is 84.9 Å². The van der Waals surface area contributed by atoms with Gasteiger partial charge in [-0.2, -0.15) is 0 Å². The van der Waals surface area contributed by atoms with Crippen LogP contribution in [-0.2, 0) is 26.5 Å². The third-order valence-electron chi connectivity index (χ3n) is 4.56. The Hall–Kier alpha value is -3.51. The first kappa shape index (κ1) is 20.2. The number of rotatable bonds is 8. The molecule has 3 aromatic carbocycles. The number of esters is 1. The molecule has 3 aromatic rings. The fraction of sp³-hybridized carbons (Fsp3) is 0.174. The predicted molar refractivity (Wildman–Crippen MR) is 108 cm³/mol. The van der Waals surface area contributed by atoms with Crippen LogP contribution in [0.4, 0.5) is 5.69 Å². The van der Waals surface area contributed by atoms with E-state index in [1.807, 2.05) is 36.4 Å². The van der Waals surface area contributed by atoms with E-state index in [0.717, 1.165) is 0 Å². The summed E-state index contributed by atoms with van der Waals surface area (Å²) < 4.78 is 11.6. The van der Waals surface area contributed by atoms with Crippen LogP contribution in [0.25, 0.3) is 0 Å². The molecule has 0 N–H and O–H groups in total. The van der Waals surface area contributed by atoms with Gasteiger partial charge in [0.2, 0.25) is 5.60 Å². The lowest BCUT2D eigenvalue weighted by Gasteiger charge is -2.32. The molecule has 0 spiro atoms. The summed E-state index contributed by atoms with van der Waals surface area (Å²) in [5.74, 6) is -0.630. The van der Waals surface area contributed by atoms with Gasteiger partial charge in [0, 0.05) is 12.7 Å². The summed E-state index contributed by atoms with van der Waals surface area (Å²) >= 11 is 0. The van der Waals surface area contributed by atoms with E-state index in [1.54, 1.807) is 49.4 Å². The average Bonchev–Trinajstić information content (AvgIpc) is 2.77. The molecule has 0 radical (unpaired) electrons. The summed E-state index contributed by atoms with van der Waals surface area (Å²) in [6.07, 6.45) is 0. The number of nitro groups is 1. The normalized spacial score (nSPS) is 11.1. The average molecular weight is 391 g/mol. The minimum absolute atomic E-state index is 0.0956. The van der Waals surface area contributed by atoms with Crippen molar-refractivity contribution in [3.63, 3.8) is 0 Å². The summed E-state index contributed by atoms with van der Waals surface area (Å²) in [6, 6.07) is 24.4. The van der Waals surface area contributed by atoms with Gasteiger partial charge in [-0.3, -0.25) is 10.1 Å². The van der Waals surface area contributed by atoms with Crippen LogP contribution in [-0.4, -0.2) is 17.5 Å². The third-order valence-corrected chi connectivity index (χ3v) is 4.56. The van der Waals surface area contributed by atoms with Crippen LogP contribution in [0, 0.1) is 10.1 Å². The number of ether oxygens (including phenoxy) is 2. The van der Waals surface area contributed by atoms with Crippen LogP contribution >= 0.6 is 0 Å². The summed E-state index contributed by atoms with van der Waals surface area (Å²) in [4.78, 5) is 24.1. The van der Waals surface area contributed by atoms with E-state index in [-0.39, 0.29) is 18.9 Å². The third kappa shape index (κ3) is 4.17. The molecule has 0 bridgehead atoms. The van der Waals surface area contributed by atoms with Crippen molar-refractivity contribution in [1.29, 1.82) is 0 Å². The first-order valence-corrected chi connectivity index (χ1v) is 9.24. The van der Waals surface area contributed by atoms with Crippen LogP contribution in [0.1, 0.15) is 23.6 Å². The molecular formula is C23H21NO5. The smallest absolute Gasteiger partial charge is 0.348 e. The van der Waals surface area contributed by atoms with Crippen LogP contribution in [0.2, 0.25) is 0 Å². The summed E-state index contributed by atoms with van der Waals surface area (Å²) in [5.41, 5.74) is 0.00113. The van der Waals surface area contributed by atoms with Crippen molar-refractivity contribution in [2.24, 2.45) is 0 Å². The second kappa shape index (κ2) is 9.12. The van der Waals surface area contributed by atoms with Crippen molar-refractivity contribution in [3.05, 3.63) is 112 Å². The maximum Gasteiger partial charge on any atom is 0.348 e. The van der Waals surface area contributed by atoms with E-state index in [1.165, 1.54) is 6.07 Å². The molecule has 0 atom stereocenters. The lowest BCUT2D eigenvalue weighted by molar-refractivity contribution is -0.385. The van der Waals surface area contributed by atoms with Crippen molar-refractivity contribution in [2.75, 3.05) is 6.61 Å². The molecule has 0 fully saturated rings. The maximum atomic E-state index is 13.4. The molecule has 3 rings (SSSR count). The first-order chi connectivity index (χ1) is 14.1. The van der Waals surface area contributed by atoms with E-state index >= 15 is 0 Å². The fourth-order valence-corrected chi connectivity index (χ4v) is 3.25. The highest BCUT2D eigenvalue weighted by Crippen LogP contribution is 2.36. The Morgan fingerprint density at radius 3 is 1.93 bits per heavy atom. The van der Waals surface area contributed by atoms with Crippen molar-refractivity contribution in [2.45, 2.75) is 19.1 Å². The number of carbonyl (C=O) groups excluding carboxylic acids is 1. The van der Waals surface area contributed by atoms with Crippen molar-refractivity contribution < 1.29 is 19.2 Å². The minimum Gasteiger partial charge on any atom is -0.458 e. The Morgan fingerprint density at radius 1 is 0.897 bits per heavy atom. The van der Waals surface area contributed by atoms with Gasteiger partial charge < -0.3 is 9.47 Å². The van der Waals surface area contributed by atoms with Gasteiger partial charge in [0.1, 0.15) is 6.61 Å². The van der Waals surface area contributed by atoms with Crippen LogP contribution in [0.5, 0.6) is 0 Å². The van der Waals surface area contributed by atoms with Gasteiger partial charge in [-0.15, -0.1) is 0 Å². The molecule has 6 nitrogen and oxygen atoms in total. The van der Waals surface area contributed by atoms with Gasteiger partial charge in [-0.1, -0.05) is 72.8 Å². The van der Waals surface area contributed by atoms with Gasteiger partial charge in [0.05, 0.1) is 10.5 Å². The zero-order chi connectivity index (χ0) is 20.7. The molecule has 6 heteroatoms. The summed E-state index contributed by atoms with van der Waals surface area (Å²) in [6.45, 7) is 1.84. The van der Waals surface area contributed by atoms with Crippen molar-refractivity contribution >= 4 is 11.7 Å². The zero-order valence-electron chi connectivity index (χ0n) is 16.0. The predicted octanol–water partition coefficient (Wildman–Crippen LogP) is 4.62. The van der Waals surface area contributed by atoms with Gasteiger partial charge >= 0.3 is 5.97 Å². The molecule has 0 aromatic heterocycles. The number of benzene rings is 3. The second-order valence-electron chi connectivity index (χ2n) is 6.31. The summed E-state index contributed by atoms with van der Waals surface area (Å²) in [5, 5.41) is 11.2. The molecule has 29 heavy (non-hydrogen) atoms. The Labute approximate surface area is 168 Å². The lowest BCUT2D eigenvalue weighted by Crippen LogP contribution is -2.41. The molecule has 148 valence electrons. The Bertz CT molecular complexity index is 933. The Kier molecular flexibility index (Phi) is 6.36. The lowest BCUT2D eigenvalue weighted by atomic mass is 9.86. The van der Waals surface area contributed by atoms with E-state index in [0.29, 0.717) is 16.7 Å². The Balaban J connectivity index is 2.00. The van der Waals surface area contributed by atoms with E-state index in [2.05, 4.69) is 0 Å². The first-order valence-electron chi connectivity index (χ1n) is 9.24. The molecule has 0 saturated carbocycles. The van der Waals surface area contributed by atoms with Gasteiger partial charge in [0.25, 0.3) is 5.69 Å². The van der Waals surface area contributed by atoms with Gasteiger partial charge in [-0.25, -0.2) is 4.79 Å². The standard InChI is InChI=1S/C23H21NO5/c1-2-29-23(19-12-5-3-6-13-19,20-14-7-4-8-15-20)22(25)28-17-18-11-9-10-16-21(18)24(26)27/h3-16H,2,17H2,1H3. The minimum atomic E-state index is -1.47. The highest BCUT2D eigenvalue weighted by molar-refractivity contribution is 5.86. The number of nitrogens with zero attached hydrogens (tertiary/aromatic N) is 1. The van der Waals surface area contributed by atoms with Crippen molar-refractivity contribution in [1.82, 2.24) is 0 Å². The topological polar surface area (TPSA) is 78.7 Å². The molecular weight excluding hydrogens is 370 g/mol. The zero-order valence-corrected chi connectivity index (χ0v) is 16.0. The Morgan fingerprint density at radius 2 is 1.41 bits per heavy atom. The quantitative estimate of drug-likeness (QED) is 0.318. The van der Waals surface area contributed by atoms with E-state index in [9.17, 15) is 14.9 Å². The highest BCUT2D eigenvalue weighted by Gasteiger charge is 2.45. The highest BCUT2D eigenvalue weighted by atomic mass is 16.6. The van der Waals surface area contributed by atoms with E-state index in [4.69, 9.17) is 9.47 Å².